The molecule has 18 heavy (non-hydrogen) atoms. The fourth-order valence-electron chi connectivity index (χ4n) is 2.07. The Morgan fingerprint density at radius 1 is 1.50 bits per heavy atom. The smallest absolute Gasteiger partial charge is 0.228 e. The molecule has 0 aromatic carbocycles. The molecule has 2 rings (SSSR count). The molecule has 0 saturated heterocycles. The van der Waals surface area contributed by atoms with Gasteiger partial charge in [0.05, 0.1) is 5.56 Å². The molecule has 96 valence electrons. The van der Waals surface area contributed by atoms with Gasteiger partial charge in [-0.1, -0.05) is 6.42 Å². The van der Waals surface area contributed by atoms with Crippen LogP contribution in [-0.4, -0.2) is 10.5 Å². The Bertz CT molecular complexity index is 498. The van der Waals surface area contributed by atoms with Crippen LogP contribution >= 0.6 is 0 Å². The second-order valence-corrected chi connectivity index (χ2v) is 5.88. The summed E-state index contributed by atoms with van der Waals surface area (Å²) in [5.41, 5.74) is 0.422. The van der Waals surface area contributed by atoms with Crippen LogP contribution in [0.2, 0.25) is 0 Å². The maximum Gasteiger partial charge on any atom is 0.228 e. The zero-order valence-electron chi connectivity index (χ0n) is 11.2. The zero-order valence-corrected chi connectivity index (χ0v) is 11.2. The molecule has 1 aromatic heterocycles. The van der Waals surface area contributed by atoms with E-state index in [4.69, 9.17) is 5.26 Å². The number of nitriles is 1. The van der Waals surface area contributed by atoms with Gasteiger partial charge in [-0.25, -0.2) is 0 Å². The molecule has 0 atom stereocenters. The number of nitrogens with one attached hydrogen (secondary N) is 1. The van der Waals surface area contributed by atoms with Gasteiger partial charge in [-0.15, -0.1) is 0 Å². The summed E-state index contributed by atoms with van der Waals surface area (Å²) in [6.45, 7) is 6.15. The number of aromatic nitrogens is 1. The van der Waals surface area contributed by atoms with E-state index in [1.165, 1.54) is 0 Å². The first-order chi connectivity index (χ1) is 8.41. The minimum atomic E-state index is -0.155. The SMILES string of the molecule is CC(C)(C)n1cc(C#N)cc1NC(=O)C1CCC1. The van der Waals surface area contributed by atoms with Crippen LogP contribution < -0.4 is 5.32 Å². The van der Waals surface area contributed by atoms with Crippen molar-refractivity contribution >= 4 is 11.7 Å². The molecule has 1 amide bonds. The van der Waals surface area contributed by atoms with Gasteiger partial charge in [-0.3, -0.25) is 4.79 Å². The van der Waals surface area contributed by atoms with E-state index < -0.39 is 0 Å². The highest BCUT2D eigenvalue weighted by atomic mass is 16.2. The largest absolute Gasteiger partial charge is 0.328 e. The average Bonchev–Trinajstić information content (AvgIpc) is 2.57. The summed E-state index contributed by atoms with van der Waals surface area (Å²) in [6, 6.07) is 3.86. The van der Waals surface area contributed by atoms with Gasteiger partial charge < -0.3 is 9.88 Å². The molecule has 4 nitrogen and oxygen atoms in total. The number of carbonyl (C=O) groups is 1. The molecular weight excluding hydrogens is 226 g/mol. The lowest BCUT2D eigenvalue weighted by atomic mass is 9.85. The van der Waals surface area contributed by atoms with Gasteiger partial charge in [-0.05, 0) is 39.7 Å². The van der Waals surface area contributed by atoms with Crippen molar-refractivity contribution in [3.63, 3.8) is 0 Å². The predicted molar refractivity (Wildman–Crippen MR) is 70.1 cm³/mol. The van der Waals surface area contributed by atoms with E-state index in [9.17, 15) is 4.79 Å². The van der Waals surface area contributed by atoms with Crippen molar-refractivity contribution in [3.8, 4) is 6.07 Å². The highest BCUT2D eigenvalue weighted by Crippen LogP contribution is 2.29. The van der Waals surface area contributed by atoms with Crippen molar-refractivity contribution in [2.24, 2.45) is 5.92 Å². The summed E-state index contributed by atoms with van der Waals surface area (Å²) in [4.78, 5) is 12.0. The van der Waals surface area contributed by atoms with Gasteiger partial charge in [0.25, 0.3) is 0 Å². The first kappa shape index (κ1) is 12.7. The molecule has 4 heteroatoms. The number of rotatable bonds is 2. The Balaban J connectivity index is 2.23. The van der Waals surface area contributed by atoms with E-state index >= 15 is 0 Å². The van der Waals surface area contributed by atoms with Crippen LogP contribution in [0, 0.1) is 17.2 Å². The van der Waals surface area contributed by atoms with Crippen LogP contribution in [0.15, 0.2) is 12.3 Å². The van der Waals surface area contributed by atoms with Gasteiger partial charge >= 0.3 is 0 Å². The van der Waals surface area contributed by atoms with Gasteiger partial charge in [0.15, 0.2) is 0 Å². The van der Waals surface area contributed by atoms with Crippen LogP contribution in [0.1, 0.15) is 45.6 Å². The maximum atomic E-state index is 12.0. The van der Waals surface area contributed by atoms with E-state index in [2.05, 4.69) is 11.4 Å². The zero-order chi connectivity index (χ0) is 13.3. The normalized spacial score (nSPS) is 15.9. The summed E-state index contributed by atoms with van der Waals surface area (Å²) in [5.74, 6) is 0.948. The van der Waals surface area contributed by atoms with Gasteiger partial charge in [0.1, 0.15) is 11.9 Å². The van der Waals surface area contributed by atoms with E-state index in [0.29, 0.717) is 5.56 Å². The molecular formula is C14H19N3O. The fourth-order valence-corrected chi connectivity index (χ4v) is 2.07. The lowest BCUT2D eigenvalue weighted by molar-refractivity contribution is -0.122. The first-order valence-electron chi connectivity index (χ1n) is 6.35. The number of anilines is 1. The number of carbonyl (C=O) groups excluding carboxylic acids is 1. The topological polar surface area (TPSA) is 57.8 Å². The van der Waals surface area contributed by atoms with Gasteiger partial charge in [0.2, 0.25) is 5.91 Å². The lowest BCUT2D eigenvalue weighted by Crippen LogP contribution is -2.31. The van der Waals surface area contributed by atoms with Crippen molar-refractivity contribution in [2.45, 2.75) is 45.6 Å². The number of nitrogens with zero attached hydrogens (tertiary/aromatic N) is 2. The van der Waals surface area contributed by atoms with Crippen LogP contribution in [0.5, 0.6) is 0 Å². The summed E-state index contributed by atoms with van der Waals surface area (Å²) in [6.07, 6.45) is 4.89. The van der Waals surface area contributed by atoms with Crippen molar-refractivity contribution in [2.75, 3.05) is 5.32 Å². The summed E-state index contributed by atoms with van der Waals surface area (Å²) < 4.78 is 1.95. The number of hydrogen-bond donors (Lipinski definition) is 1. The molecule has 1 saturated carbocycles. The third-order valence-corrected chi connectivity index (χ3v) is 3.40. The lowest BCUT2D eigenvalue weighted by Gasteiger charge is -2.27. The molecule has 1 heterocycles. The van der Waals surface area contributed by atoms with Crippen LogP contribution in [0.25, 0.3) is 0 Å². The highest BCUT2D eigenvalue weighted by molar-refractivity contribution is 5.92. The summed E-state index contributed by atoms with van der Waals surface area (Å²) in [5, 5.41) is 11.9. The summed E-state index contributed by atoms with van der Waals surface area (Å²) >= 11 is 0. The molecule has 0 bridgehead atoms. The highest BCUT2D eigenvalue weighted by Gasteiger charge is 2.27. The minimum absolute atomic E-state index is 0.0781. The molecule has 0 radical (unpaired) electrons. The van der Waals surface area contributed by atoms with Crippen molar-refractivity contribution in [3.05, 3.63) is 17.8 Å². The average molecular weight is 245 g/mol. The second kappa shape index (κ2) is 4.49. The van der Waals surface area contributed by atoms with E-state index in [1.54, 1.807) is 12.3 Å². The first-order valence-corrected chi connectivity index (χ1v) is 6.35. The standard InChI is InChI=1S/C14H19N3O/c1-14(2,3)17-9-10(8-15)7-12(17)16-13(18)11-5-4-6-11/h7,9,11H,4-6H2,1-3H3,(H,16,18). The third-order valence-electron chi connectivity index (χ3n) is 3.40. The maximum absolute atomic E-state index is 12.0. The molecule has 1 N–H and O–H groups in total. The molecule has 0 unspecified atom stereocenters. The Hall–Kier alpha value is -1.76. The van der Waals surface area contributed by atoms with Crippen LogP contribution in [0.3, 0.4) is 0 Å². The molecule has 1 fully saturated rings. The number of amides is 1. The van der Waals surface area contributed by atoms with Gasteiger partial charge in [-0.2, -0.15) is 5.26 Å². The molecule has 1 aromatic rings. The van der Waals surface area contributed by atoms with Crippen molar-refractivity contribution in [1.29, 1.82) is 5.26 Å². The Morgan fingerprint density at radius 3 is 2.61 bits per heavy atom. The monoisotopic (exact) mass is 245 g/mol. The molecule has 0 spiro atoms. The quantitative estimate of drug-likeness (QED) is 0.871. The van der Waals surface area contributed by atoms with E-state index in [1.807, 2.05) is 25.3 Å². The summed E-state index contributed by atoms with van der Waals surface area (Å²) in [7, 11) is 0. The Morgan fingerprint density at radius 2 is 2.17 bits per heavy atom. The molecule has 1 aliphatic carbocycles. The van der Waals surface area contributed by atoms with Gasteiger partial charge in [0, 0.05) is 17.7 Å². The molecule has 0 aliphatic heterocycles. The van der Waals surface area contributed by atoms with Crippen molar-refractivity contribution < 1.29 is 4.79 Å². The third kappa shape index (κ3) is 2.40. The van der Waals surface area contributed by atoms with Crippen LogP contribution in [0.4, 0.5) is 5.82 Å². The van der Waals surface area contributed by atoms with E-state index in [0.717, 1.165) is 25.1 Å². The number of hydrogen-bond acceptors (Lipinski definition) is 2. The van der Waals surface area contributed by atoms with E-state index in [-0.39, 0.29) is 17.4 Å². The molecule has 1 aliphatic rings. The predicted octanol–water partition coefficient (Wildman–Crippen LogP) is 2.85. The fraction of sp³-hybridized carbons (Fsp3) is 0.571. The second-order valence-electron chi connectivity index (χ2n) is 5.88. The Kier molecular flexibility index (Phi) is 3.16. The Labute approximate surface area is 108 Å². The minimum Gasteiger partial charge on any atom is -0.328 e. The van der Waals surface area contributed by atoms with Crippen molar-refractivity contribution in [1.82, 2.24) is 4.57 Å². The van der Waals surface area contributed by atoms with Crippen LogP contribution in [-0.2, 0) is 10.3 Å².